The Balaban J connectivity index is 1.65. The van der Waals surface area contributed by atoms with Gasteiger partial charge in [-0.1, -0.05) is 36.4 Å². The number of likely N-dealkylation sites (tertiary alicyclic amines) is 1. The minimum atomic E-state index is -0.697. The summed E-state index contributed by atoms with van der Waals surface area (Å²) in [6.45, 7) is 1.26. The van der Waals surface area contributed by atoms with Gasteiger partial charge in [0.15, 0.2) is 5.69 Å². The maximum Gasteiger partial charge on any atom is 0.270 e. The van der Waals surface area contributed by atoms with Crippen LogP contribution in [0.25, 0.3) is 5.69 Å². The molecule has 2 aromatic rings. The number of benzene rings is 1. The number of nitrogens with zero attached hydrogens (tertiary/aromatic N) is 3. The molecule has 1 aliphatic heterocycles. The molecule has 1 atom stereocenters. The maximum atomic E-state index is 13.1. The highest BCUT2D eigenvalue weighted by Gasteiger charge is 2.30. The Kier molecular flexibility index (Phi) is 4.16. The van der Waals surface area contributed by atoms with Crippen molar-refractivity contribution in [2.75, 3.05) is 13.1 Å². The van der Waals surface area contributed by atoms with E-state index in [1.165, 1.54) is 10.3 Å². The molecule has 1 aliphatic carbocycles. The van der Waals surface area contributed by atoms with Gasteiger partial charge < -0.3 is 10.6 Å². The summed E-state index contributed by atoms with van der Waals surface area (Å²) in [5.41, 5.74) is 7.78. The first-order chi connectivity index (χ1) is 12.6. The molecule has 0 bridgehead atoms. The molecule has 1 unspecified atom stereocenters. The van der Waals surface area contributed by atoms with Crippen molar-refractivity contribution in [3.05, 3.63) is 71.6 Å². The second-order valence-corrected chi connectivity index (χ2v) is 6.65. The monoisotopic (exact) mass is 348 g/mol. The average molecular weight is 348 g/mol. The molecule has 4 rings (SSSR count). The van der Waals surface area contributed by atoms with E-state index in [0.29, 0.717) is 19.0 Å². The maximum absolute atomic E-state index is 13.1. The Morgan fingerprint density at radius 3 is 2.77 bits per heavy atom. The number of aromatic nitrogens is 2. The molecule has 2 amide bonds. The van der Waals surface area contributed by atoms with E-state index in [4.69, 9.17) is 5.73 Å². The molecule has 2 heterocycles. The quantitative estimate of drug-likeness (QED) is 0.924. The van der Waals surface area contributed by atoms with E-state index in [2.05, 4.69) is 17.3 Å². The molecule has 1 saturated heterocycles. The van der Waals surface area contributed by atoms with E-state index in [1.54, 1.807) is 11.1 Å². The summed E-state index contributed by atoms with van der Waals surface area (Å²) in [4.78, 5) is 26.7. The SMILES string of the molecule is NC(=O)c1nn(-c2ccccc2)cc1C(=O)N1CCC2CC=CC=C2C1. The van der Waals surface area contributed by atoms with Gasteiger partial charge in [-0.15, -0.1) is 0 Å². The van der Waals surface area contributed by atoms with Gasteiger partial charge in [0.25, 0.3) is 11.8 Å². The van der Waals surface area contributed by atoms with Gasteiger partial charge >= 0.3 is 0 Å². The van der Waals surface area contributed by atoms with Crippen molar-refractivity contribution in [2.45, 2.75) is 12.8 Å². The lowest BCUT2D eigenvalue weighted by Gasteiger charge is -2.35. The molecule has 132 valence electrons. The number of fused-ring (bicyclic) bond motifs is 1. The Morgan fingerprint density at radius 2 is 2.00 bits per heavy atom. The topological polar surface area (TPSA) is 81.2 Å². The fourth-order valence-electron chi connectivity index (χ4n) is 3.59. The van der Waals surface area contributed by atoms with E-state index in [1.807, 2.05) is 36.4 Å². The number of piperidine rings is 1. The number of para-hydroxylation sites is 1. The molecule has 0 saturated carbocycles. The third-order valence-electron chi connectivity index (χ3n) is 5.00. The fraction of sp³-hybridized carbons (Fsp3) is 0.250. The standard InChI is InChI=1S/C20H20N4O2/c21-19(25)18-17(13-24(22-18)16-8-2-1-3-9-16)20(26)23-11-10-14-6-4-5-7-15(14)12-23/h1-5,7-9,13-14H,6,10-12H2,(H2,21,25). The molecule has 6 heteroatoms. The van der Waals surface area contributed by atoms with Crippen LogP contribution in [0.1, 0.15) is 33.7 Å². The van der Waals surface area contributed by atoms with E-state index < -0.39 is 5.91 Å². The van der Waals surface area contributed by atoms with Gasteiger partial charge in [0, 0.05) is 19.3 Å². The Morgan fingerprint density at radius 1 is 1.19 bits per heavy atom. The number of carbonyl (C=O) groups excluding carboxylic acids is 2. The van der Waals surface area contributed by atoms with Crippen LogP contribution in [0.15, 0.2) is 60.3 Å². The van der Waals surface area contributed by atoms with Crippen molar-refractivity contribution in [3.63, 3.8) is 0 Å². The summed E-state index contributed by atoms with van der Waals surface area (Å²) < 4.78 is 1.53. The van der Waals surface area contributed by atoms with Gasteiger partial charge in [0.05, 0.1) is 11.3 Å². The van der Waals surface area contributed by atoms with Gasteiger partial charge in [0.2, 0.25) is 0 Å². The third kappa shape index (κ3) is 2.94. The first kappa shape index (κ1) is 16.3. The van der Waals surface area contributed by atoms with Crippen molar-refractivity contribution in [2.24, 2.45) is 11.7 Å². The van der Waals surface area contributed by atoms with Gasteiger partial charge in [-0.25, -0.2) is 4.68 Å². The van der Waals surface area contributed by atoms with Crippen LogP contribution in [0.2, 0.25) is 0 Å². The molecule has 26 heavy (non-hydrogen) atoms. The second kappa shape index (κ2) is 6.63. The largest absolute Gasteiger partial charge is 0.364 e. The Bertz CT molecular complexity index is 911. The zero-order valence-corrected chi connectivity index (χ0v) is 14.3. The number of amides is 2. The van der Waals surface area contributed by atoms with Crippen LogP contribution in [0.3, 0.4) is 0 Å². The van der Waals surface area contributed by atoms with E-state index in [0.717, 1.165) is 18.5 Å². The summed E-state index contributed by atoms with van der Waals surface area (Å²) in [6.07, 6.45) is 9.87. The minimum absolute atomic E-state index is 0.0125. The minimum Gasteiger partial charge on any atom is -0.364 e. The van der Waals surface area contributed by atoms with Crippen molar-refractivity contribution < 1.29 is 9.59 Å². The summed E-state index contributed by atoms with van der Waals surface area (Å²) >= 11 is 0. The number of carbonyl (C=O) groups is 2. The van der Waals surface area contributed by atoms with Crippen molar-refractivity contribution in [3.8, 4) is 5.69 Å². The summed E-state index contributed by atoms with van der Waals surface area (Å²) in [5, 5.41) is 4.25. The van der Waals surface area contributed by atoms with Crippen LogP contribution in [0, 0.1) is 5.92 Å². The first-order valence-corrected chi connectivity index (χ1v) is 8.73. The van der Waals surface area contributed by atoms with Crippen molar-refractivity contribution >= 4 is 11.8 Å². The lowest BCUT2D eigenvalue weighted by molar-refractivity contribution is 0.0730. The Hall–Kier alpha value is -3.15. The van der Waals surface area contributed by atoms with E-state index >= 15 is 0 Å². The lowest BCUT2D eigenvalue weighted by atomic mass is 9.85. The van der Waals surface area contributed by atoms with Gasteiger partial charge in [-0.3, -0.25) is 9.59 Å². The number of hydrogen-bond acceptors (Lipinski definition) is 3. The highest BCUT2D eigenvalue weighted by molar-refractivity contribution is 6.05. The highest BCUT2D eigenvalue weighted by Crippen LogP contribution is 2.30. The molecule has 1 aromatic heterocycles. The molecule has 1 aromatic carbocycles. The van der Waals surface area contributed by atoms with Gasteiger partial charge in [-0.05, 0) is 36.5 Å². The molecule has 0 radical (unpaired) electrons. The zero-order chi connectivity index (χ0) is 18.1. The third-order valence-corrected chi connectivity index (χ3v) is 5.00. The molecule has 0 spiro atoms. The molecular weight excluding hydrogens is 328 g/mol. The average Bonchev–Trinajstić information content (AvgIpc) is 3.13. The predicted octanol–water partition coefficient (Wildman–Crippen LogP) is 2.32. The number of primary amides is 1. The van der Waals surface area contributed by atoms with Crippen LogP contribution < -0.4 is 5.73 Å². The lowest BCUT2D eigenvalue weighted by Crippen LogP contribution is -2.40. The second-order valence-electron chi connectivity index (χ2n) is 6.65. The summed E-state index contributed by atoms with van der Waals surface area (Å²) in [7, 11) is 0. The number of nitrogens with two attached hydrogens (primary N) is 1. The number of allylic oxidation sites excluding steroid dienone is 3. The molecule has 2 aliphatic rings. The van der Waals surface area contributed by atoms with Crippen LogP contribution >= 0.6 is 0 Å². The Labute approximate surface area is 151 Å². The molecular formula is C20H20N4O2. The van der Waals surface area contributed by atoms with Gasteiger partial charge in [0.1, 0.15) is 0 Å². The van der Waals surface area contributed by atoms with Crippen molar-refractivity contribution in [1.29, 1.82) is 0 Å². The number of rotatable bonds is 3. The van der Waals surface area contributed by atoms with E-state index in [-0.39, 0.29) is 17.2 Å². The smallest absolute Gasteiger partial charge is 0.270 e. The molecule has 6 nitrogen and oxygen atoms in total. The fourth-order valence-corrected chi connectivity index (χ4v) is 3.59. The molecule has 1 fully saturated rings. The summed E-state index contributed by atoms with van der Waals surface area (Å²) in [6, 6.07) is 9.35. The van der Waals surface area contributed by atoms with Crippen LogP contribution in [0.4, 0.5) is 0 Å². The summed E-state index contributed by atoms with van der Waals surface area (Å²) in [5.74, 6) is -0.376. The zero-order valence-electron chi connectivity index (χ0n) is 14.3. The predicted molar refractivity (Wildman–Crippen MR) is 97.9 cm³/mol. The highest BCUT2D eigenvalue weighted by atomic mass is 16.2. The van der Waals surface area contributed by atoms with Crippen LogP contribution in [0.5, 0.6) is 0 Å². The van der Waals surface area contributed by atoms with Crippen LogP contribution in [-0.2, 0) is 0 Å². The van der Waals surface area contributed by atoms with E-state index in [9.17, 15) is 9.59 Å². The van der Waals surface area contributed by atoms with Crippen LogP contribution in [-0.4, -0.2) is 39.6 Å². The van der Waals surface area contributed by atoms with Gasteiger partial charge in [-0.2, -0.15) is 5.10 Å². The first-order valence-electron chi connectivity index (χ1n) is 8.73. The normalized spacial score (nSPS) is 19.0. The van der Waals surface area contributed by atoms with Crippen molar-refractivity contribution in [1.82, 2.24) is 14.7 Å². The number of hydrogen-bond donors (Lipinski definition) is 1. The molecule has 2 N–H and O–H groups in total.